The van der Waals surface area contributed by atoms with Gasteiger partial charge in [-0.05, 0) is 89.9 Å². The lowest BCUT2D eigenvalue weighted by molar-refractivity contribution is -0.167. The first-order chi connectivity index (χ1) is 38.0. The standard InChI is InChI=1S/C71H124O6/c1-4-7-10-13-16-19-22-25-27-28-29-30-31-32-33-34-35-36-37-38-39-40-41-42-44-46-49-52-55-58-61-64-70(73)76-67-68(66-75-69(72)63-60-57-54-51-48-45-24-21-18-15-12-9-6-3)77-71(74)65-62-59-56-53-50-47-43-26-23-20-17-14-11-8-5-2/h7,10,12,15-16,19,21,24-25,27,29-30,32-33,68H,4-6,8-9,11,13-14,17-18,20,22-23,26,28,31,34-67H2,1-3H3/b10-7-,15-12-,19-16-,24-21-,27-25-,30-29-,33-32-. The Hall–Kier alpha value is -3.41. The molecule has 0 fully saturated rings. The summed E-state index contributed by atoms with van der Waals surface area (Å²) in [4.78, 5) is 38.3. The molecule has 1 atom stereocenters. The van der Waals surface area contributed by atoms with E-state index in [2.05, 4.69) is 106 Å². The van der Waals surface area contributed by atoms with Crippen LogP contribution in [0.2, 0.25) is 0 Å². The van der Waals surface area contributed by atoms with Crippen LogP contribution in [0.25, 0.3) is 0 Å². The van der Waals surface area contributed by atoms with Crippen molar-refractivity contribution in [3.8, 4) is 0 Å². The Morgan fingerprint density at radius 3 is 0.844 bits per heavy atom. The van der Waals surface area contributed by atoms with Crippen molar-refractivity contribution >= 4 is 17.9 Å². The summed E-state index contributed by atoms with van der Waals surface area (Å²) in [6.07, 6.45) is 86.0. The zero-order valence-corrected chi connectivity index (χ0v) is 51.0. The minimum Gasteiger partial charge on any atom is -0.462 e. The summed E-state index contributed by atoms with van der Waals surface area (Å²) in [6.45, 7) is 6.49. The molecule has 1 unspecified atom stereocenters. The van der Waals surface area contributed by atoms with Crippen LogP contribution in [-0.4, -0.2) is 37.2 Å². The monoisotopic (exact) mass is 1070 g/mol. The van der Waals surface area contributed by atoms with Crippen molar-refractivity contribution in [2.24, 2.45) is 0 Å². The smallest absolute Gasteiger partial charge is 0.306 e. The molecular weight excluding hydrogens is 949 g/mol. The quantitative estimate of drug-likeness (QED) is 0.0261. The number of rotatable bonds is 60. The normalized spacial score (nSPS) is 12.6. The molecular formula is C71H124O6. The Kier molecular flexibility index (Phi) is 62.2. The van der Waals surface area contributed by atoms with Gasteiger partial charge in [0.15, 0.2) is 6.10 Å². The average Bonchev–Trinajstić information content (AvgIpc) is 3.43. The Morgan fingerprint density at radius 1 is 0.273 bits per heavy atom. The lowest BCUT2D eigenvalue weighted by Gasteiger charge is -2.18. The van der Waals surface area contributed by atoms with Gasteiger partial charge >= 0.3 is 17.9 Å². The minimum absolute atomic E-state index is 0.0768. The third kappa shape index (κ3) is 63.3. The van der Waals surface area contributed by atoms with Crippen LogP contribution in [-0.2, 0) is 28.6 Å². The lowest BCUT2D eigenvalue weighted by Crippen LogP contribution is -2.30. The van der Waals surface area contributed by atoms with E-state index in [4.69, 9.17) is 14.2 Å². The van der Waals surface area contributed by atoms with E-state index < -0.39 is 6.10 Å². The molecule has 0 bridgehead atoms. The highest BCUT2D eigenvalue weighted by atomic mass is 16.6. The van der Waals surface area contributed by atoms with Crippen molar-refractivity contribution in [2.45, 2.75) is 335 Å². The van der Waals surface area contributed by atoms with Gasteiger partial charge in [0.2, 0.25) is 0 Å². The first kappa shape index (κ1) is 73.6. The van der Waals surface area contributed by atoms with Gasteiger partial charge < -0.3 is 14.2 Å². The molecule has 6 nitrogen and oxygen atoms in total. The Morgan fingerprint density at radius 2 is 0.532 bits per heavy atom. The summed E-state index contributed by atoms with van der Waals surface area (Å²) in [5.41, 5.74) is 0. The molecule has 444 valence electrons. The minimum atomic E-state index is -0.780. The van der Waals surface area contributed by atoms with Gasteiger partial charge in [-0.3, -0.25) is 14.4 Å². The van der Waals surface area contributed by atoms with Crippen molar-refractivity contribution in [2.75, 3.05) is 13.2 Å². The van der Waals surface area contributed by atoms with E-state index in [0.29, 0.717) is 19.3 Å². The third-order valence-corrected chi connectivity index (χ3v) is 14.4. The molecule has 0 saturated carbocycles. The number of hydrogen-bond donors (Lipinski definition) is 0. The number of unbranched alkanes of at least 4 members (excludes halogenated alkanes) is 35. The largest absolute Gasteiger partial charge is 0.462 e. The van der Waals surface area contributed by atoms with Gasteiger partial charge in [0, 0.05) is 19.3 Å². The summed E-state index contributed by atoms with van der Waals surface area (Å²) in [5, 5.41) is 0. The summed E-state index contributed by atoms with van der Waals surface area (Å²) in [6, 6.07) is 0. The Balaban J connectivity index is 4.18. The van der Waals surface area contributed by atoms with Gasteiger partial charge in [0.1, 0.15) is 13.2 Å². The van der Waals surface area contributed by atoms with E-state index in [1.54, 1.807) is 0 Å². The Bertz CT molecular complexity index is 1470. The fraction of sp³-hybridized carbons (Fsp3) is 0.761. The van der Waals surface area contributed by atoms with E-state index in [0.717, 1.165) is 116 Å². The highest BCUT2D eigenvalue weighted by Crippen LogP contribution is 2.17. The summed E-state index contributed by atoms with van der Waals surface area (Å²) < 4.78 is 16.9. The molecule has 0 aromatic heterocycles. The molecule has 0 N–H and O–H groups in total. The predicted octanol–water partition coefficient (Wildman–Crippen LogP) is 22.7. The first-order valence-corrected chi connectivity index (χ1v) is 33.1. The molecule has 0 heterocycles. The maximum atomic E-state index is 12.9. The predicted molar refractivity (Wildman–Crippen MR) is 334 cm³/mol. The van der Waals surface area contributed by atoms with Crippen molar-refractivity contribution in [1.82, 2.24) is 0 Å². The zero-order valence-electron chi connectivity index (χ0n) is 51.0. The van der Waals surface area contributed by atoms with Gasteiger partial charge in [0.25, 0.3) is 0 Å². The highest BCUT2D eigenvalue weighted by molar-refractivity contribution is 5.71. The average molecular weight is 1070 g/mol. The molecule has 0 aromatic rings. The fourth-order valence-corrected chi connectivity index (χ4v) is 9.45. The van der Waals surface area contributed by atoms with E-state index in [-0.39, 0.29) is 31.1 Å². The van der Waals surface area contributed by atoms with Crippen LogP contribution >= 0.6 is 0 Å². The molecule has 0 rings (SSSR count). The van der Waals surface area contributed by atoms with Crippen LogP contribution in [0.1, 0.15) is 329 Å². The number of hydrogen-bond acceptors (Lipinski definition) is 6. The van der Waals surface area contributed by atoms with Crippen molar-refractivity contribution in [1.29, 1.82) is 0 Å². The van der Waals surface area contributed by atoms with Gasteiger partial charge in [-0.2, -0.15) is 0 Å². The SMILES string of the molecule is CC/C=C\C/C=C\C/C=C\C/C=C\C/C=C\CCCCCCCCCCCCCCCCCC(=O)OCC(COC(=O)CCCCCCC/C=C\C/C=C\CCC)OC(=O)CCCCCCCCCCCCCCCCC. The molecule has 0 radical (unpaired) electrons. The van der Waals surface area contributed by atoms with E-state index in [1.165, 1.54) is 173 Å². The van der Waals surface area contributed by atoms with Crippen LogP contribution in [0.3, 0.4) is 0 Å². The van der Waals surface area contributed by atoms with Gasteiger partial charge in [-0.25, -0.2) is 0 Å². The Labute approximate surface area is 477 Å². The number of esters is 3. The molecule has 77 heavy (non-hydrogen) atoms. The third-order valence-electron chi connectivity index (χ3n) is 14.4. The van der Waals surface area contributed by atoms with Gasteiger partial charge in [-0.15, -0.1) is 0 Å². The van der Waals surface area contributed by atoms with Crippen LogP contribution in [0, 0.1) is 0 Å². The summed E-state index contributed by atoms with van der Waals surface area (Å²) in [7, 11) is 0. The summed E-state index contributed by atoms with van der Waals surface area (Å²) >= 11 is 0. The van der Waals surface area contributed by atoms with E-state index >= 15 is 0 Å². The molecule has 6 heteroatoms. The van der Waals surface area contributed by atoms with Crippen LogP contribution in [0.15, 0.2) is 85.1 Å². The maximum absolute atomic E-state index is 12.9. The first-order valence-electron chi connectivity index (χ1n) is 33.1. The topological polar surface area (TPSA) is 78.9 Å². The van der Waals surface area contributed by atoms with E-state index in [9.17, 15) is 14.4 Å². The highest BCUT2D eigenvalue weighted by Gasteiger charge is 2.19. The van der Waals surface area contributed by atoms with Crippen molar-refractivity contribution in [3.05, 3.63) is 85.1 Å². The maximum Gasteiger partial charge on any atom is 0.306 e. The fourth-order valence-electron chi connectivity index (χ4n) is 9.45. The number of ether oxygens (including phenoxy) is 3. The summed E-state index contributed by atoms with van der Waals surface area (Å²) in [5.74, 6) is -0.876. The van der Waals surface area contributed by atoms with E-state index in [1.807, 2.05) is 0 Å². The molecule has 0 spiro atoms. The number of carbonyl (C=O) groups excluding carboxylic acids is 3. The molecule has 0 saturated heterocycles. The number of carbonyl (C=O) groups is 3. The number of allylic oxidation sites excluding steroid dienone is 14. The second-order valence-corrected chi connectivity index (χ2v) is 22.0. The zero-order chi connectivity index (χ0) is 55.7. The molecule has 0 aromatic carbocycles. The lowest BCUT2D eigenvalue weighted by atomic mass is 10.0. The molecule has 0 aliphatic carbocycles. The van der Waals surface area contributed by atoms with Crippen LogP contribution < -0.4 is 0 Å². The van der Waals surface area contributed by atoms with Gasteiger partial charge in [0.05, 0.1) is 0 Å². The second-order valence-electron chi connectivity index (χ2n) is 22.0. The van der Waals surface area contributed by atoms with Crippen molar-refractivity contribution in [3.63, 3.8) is 0 Å². The molecule has 0 amide bonds. The molecule has 0 aliphatic rings. The van der Waals surface area contributed by atoms with Crippen molar-refractivity contribution < 1.29 is 28.6 Å². The second kappa shape index (κ2) is 65.1. The van der Waals surface area contributed by atoms with Crippen LogP contribution in [0.5, 0.6) is 0 Å². The van der Waals surface area contributed by atoms with Gasteiger partial charge in [-0.1, -0.05) is 305 Å². The molecule has 0 aliphatic heterocycles. The van der Waals surface area contributed by atoms with Crippen LogP contribution in [0.4, 0.5) is 0 Å².